The SMILES string of the molecule is CN(Cc1ccccc1)C(=O)Nc1cccc(CN)c1. The third-order valence-electron chi connectivity index (χ3n) is 3.02. The molecule has 2 aromatic rings. The second-order valence-electron chi connectivity index (χ2n) is 4.68. The predicted octanol–water partition coefficient (Wildman–Crippen LogP) is 2.81. The summed E-state index contributed by atoms with van der Waals surface area (Å²) in [5.74, 6) is 0. The van der Waals surface area contributed by atoms with Crippen LogP contribution in [0.15, 0.2) is 54.6 Å². The van der Waals surface area contributed by atoms with Crippen LogP contribution in [0.3, 0.4) is 0 Å². The Bertz CT molecular complexity index is 569. The number of nitrogens with one attached hydrogen (secondary N) is 1. The molecule has 2 aromatic carbocycles. The van der Waals surface area contributed by atoms with Crippen molar-refractivity contribution in [3.8, 4) is 0 Å². The van der Waals surface area contributed by atoms with Crippen LogP contribution < -0.4 is 11.1 Å². The van der Waals surface area contributed by atoms with E-state index in [1.807, 2.05) is 54.6 Å². The number of amides is 2. The molecule has 4 heteroatoms. The average molecular weight is 269 g/mol. The molecule has 0 aliphatic carbocycles. The van der Waals surface area contributed by atoms with Crippen LogP contribution in [0.4, 0.5) is 10.5 Å². The zero-order valence-electron chi connectivity index (χ0n) is 11.5. The van der Waals surface area contributed by atoms with Gasteiger partial charge in [0, 0.05) is 25.8 Å². The number of hydrogen-bond donors (Lipinski definition) is 2. The number of anilines is 1. The Morgan fingerprint density at radius 3 is 2.50 bits per heavy atom. The van der Waals surface area contributed by atoms with Crippen LogP contribution in [-0.2, 0) is 13.1 Å². The van der Waals surface area contributed by atoms with Crippen molar-refractivity contribution in [2.45, 2.75) is 13.1 Å². The largest absolute Gasteiger partial charge is 0.326 e. The first kappa shape index (κ1) is 14.1. The first-order chi connectivity index (χ1) is 9.69. The van der Waals surface area contributed by atoms with E-state index in [0.29, 0.717) is 13.1 Å². The molecule has 0 atom stereocenters. The first-order valence-electron chi connectivity index (χ1n) is 6.54. The Morgan fingerprint density at radius 1 is 1.10 bits per heavy atom. The number of urea groups is 1. The monoisotopic (exact) mass is 269 g/mol. The Labute approximate surface area is 119 Å². The molecule has 0 saturated carbocycles. The molecule has 0 unspecified atom stereocenters. The van der Waals surface area contributed by atoms with E-state index in [0.717, 1.165) is 16.8 Å². The summed E-state index contributed by atoms with van der Waals surface area (Å²) in [6.45, 7) is 1.03. The lowest BCUT2D eigenvalue weighted by atomic mass is 10.2. The second-order valence-corrected chi connectivity index (χ2v) is 4.68. The summed E-state index contributed by atoms with van der Waals surface area (Å²) in [7, 11) is 1.77. The van der Waals surface area contributed by atoms with Crippen molar-refractivity contribution < 1.29 is 4.79 Å². The smallest absolute Gasteiger partial charge is 0.321 e. The number of rotatable bonds is 4. The van der Waals surface area contributed by atoms with E-state index in [1.54, 1.807) is 11.9 Å². The van der Waals surface area contributed by atoms with E-state index in [1.165, 1.54) is 0 Å². The maximum atomic E-state index is 12.1. The zero-order valence-corrected chi connectivity index (χ0v) is 11.5. The van der Waals surface area contributed by atoms with Crippen molar-refractivity contribution in [3.63, 3.8) is 0 Å². The average Bonchev–Trinajstić information content (AvgIpc) is 2.48. The molecule has 0 aliphatic heterocycles. The van der Waals surface area contributed by atoms with Crippen LogP contribution in [-0.4, -0.2) is 18.0 Å². The fraction of sp³-hybridized carbons (Fsp3) is 0.188. The number of nitrogens with two attached hydrogens (primary N) is 1. The van der Waals surface area contributed by atoms with Crippen molar-refractivity contribution in [2.75, 3.05) is 12.4 Å². The summed E-state index contributed by atoms with van der Waals surface area (Å²) in [6, 6.07) is 17.3. The molecule has 104 valence electrons. The van der Waals surface area contributed by atoms with Crippen LogP contribution >= 0.6 is 0 Å². The molecule has 0 fully saturated rings. The van der Waals surface area contributed by atoms with Gasteiger partial charge in [-0.05, 0) is 23.3 Å². The summed E-state index contributed by atoms with van der Waals surface area (Å²) >= 11 is 0. The van der Waals surface area contributed by atoms with E-state index in [2.05, 4.69) is 5.32 Å². The third kappa shape index (κ3) is 3.83. The summed E-state index contributed by atoms with van der Waals surface area (Å²) < 4.78 is 0. The molecule has 0 radical (unpaired) electrons. The quantitative estimate of drug-likeness (QED) is 0.896. The number of carbonyl (C=O) groups is 1. The van der Waals surface area contributed by atoms with Crippen molar-refractivity contribution in [1.82, 2.24) is 4.90 Å². The maximum Gasteiger partial charge on any atom is 0.321 e. The van der Waals surface area contributed by atoms with Gasteiger partial charge in [0.15, 0.2) is 0 Å². The van der Waals surface area contributed by atoms with Crippen molar-refractivity contribution in [3.05, 3.63) is 65.7 Å². The van der Waals surface area contributed by atoms with Crippen LogP contribution in [0, 0.1) is 0 Å². The molecule has 0 saturated heterocycles. The van der Waals surface area contributed by atoms with Gasteiger partial charge in [0.25, 0.3) is 0 Å². The molecule has 20 heavy (non-hydrogen) atoms. The van der Waals surface area contributed by atoms with E-state index in [9.17, 15) is 4.79 Å². The predicted molar refractivity (Wildman–Crippen MR) is 81.3 cm³/mol. The normalized spacial score (nSPS) is 10.1. The standard InChI is InChI=1S/C16H19N3O/c1-19(12-13-6-3-2-4-7-13)16(20)18-15-9-5-8-14(10-15)11-17/h2-10H,11-12,17H2,1H3,(H,18,20). The highest BCUT2D eigenvalue weighted by Crippen LogP contribution is 2.11. The Kier molecular flexibility index (Phi) is 4.74. The Morgan fingerprint density at radius 2 is 1.80 bits per heavy atom. The minimum absolute atomic E-state index is 0.136. The number of hydrogen-bond acceptors (Lipinski definition) is 2. The molecule has 2 amide bonds. The fourth-order valence-electron chi connectivity index (χ4n) is 1.92. The fourth-order valence-corrected chi connectivity index (χ4v) is 1.92. The molecule has 0 bridgehead atoms. The van der Waals surface area contributed by atoms with Gasteiger partial charge in [-0.3, -0.25) is 0 Å². The number of carbonyl (C=O) groups excluding carboxylic acids is 1. The molecule has 0 aromatic heterocycles. The summed E-state index contributed by atoms with van der Waals surface area (Å²) in [5, 5.41) is 2.87. The van der Waals surface area contributed by atoms with Gasteiger partial charge in [-0.25, -0.2) is 4.79 Å². The van der Waals surface area contributed by atoms with Gasteiger partial charge in [-0.15, -0.1) is 0 Å². The molecule has 4 nitrogen and oxygen atoms in total. The van der Waals surface area contributed by atoms with Gasteiger partial charge >= 0.3 is 6.03 Å². The first-order valence-corrected chi connectivity index (χ1v) is 6.54. The highest BCUT2D eigenvalue weighted by molar-refractivity contribution is 5.89. The van der Waals surface area contributed by atoms with E-state index >= 15 is 0 Å². The molecule has 0 heterocycles. The van der Waals surface area contributed by atoms with Crippen LogP contribution in [0.5, 0.6) is 0 Å². The van der Waals surface area contributed by atoms with Crippen LogP contribution in [0.2, 0.25) is 0 Å². The van der Waals surface area contributed by atoms with Gasteiger partial charge in [0.05, 0.1) is 0 Å². The van der Waals surface area contributed by atoms with Gasteiger partial charge in [-0.1, -0.05) is 42.5 Å². The molecular formula is C16H19N3O. The molecular weight excluding hydrogens is 250 g/mol. The van der Waals surface area contributed by atoms with Crippen molar-refractivity contribution in [2.24, 2.45) is 5.73 Å². The van der Waals surface area contributed by atoms with Gasteiger partial charge in [0.2, 0.25) is 0 Å². The van der Waals surface area contributed by atoms with E-state index in [-0.39, 0.29) is 6.03 Å². The molecule has 0 spiro atoms. The highest BCUT2D eigenvalue weighted by Gasteiger charge is 2.09. The lowest BCUT2D eigenvalue weighted by Crippen LogP contribution is -2.30. The van der Waals surface area contributed by atoms with Gasteiger partial charge in [-0.2, -0.15) is 0 Å². The number of benzene rings is 2. The topological polar surface area (TPSA) is 58.4 Å². The van der Waals surface area contributed by atoms with Crippen molar-refractivity contribution >= 4 is 11.7 Å². The molecule has 2 rings (SSSR count). The maximum absolute atomic E-state index is 12.1. The van der Waals surface area contributed by atoms with Crippen LogP contribution in [0.1, 0.15) is 11.1 Å². The molecule has 0 aliphatic rings. The van der Waals surface area contributed by atoms with Gasteiger partial charge < -0.3 is 16.0 Å². The third-order valence-corrected chi connectivity index (χ3v) is 3.02. The lowest BCUT2D eigenvalue weighted by molar-refractivity contribution is 0.220. The highest BCUT2D eigenvalue weighted by atomic mass is 16.2. The van der Waals surface area contributed by atoms with Gasteiger partial charge in [0.1, 0.15) is 0 Å². The minimum Gasteiger partial charge on any atom is -0.326 e. The second kappa shape index (κ2) is 6.73. The van der Waals surface area contributed by atoms with E-state index < -0.39 is 0 Å². The van der Waals surface area contributed by atoms with E-state index in [4.69, 9.17) is 5.73 Å². The lowest BCUT2D eigenvalue weighted by Gasteiger charge is -2.18. The summed E-state index contributed by atoms with van der Waals surface area (Å²) in [6.07, 6.45) is 0. The number of nitrogens with zero attached hydrogens (tertiary/aromatic N) is 1. The summed E-state index contributed by atoms with van der Waals surface area (Å²) in [4.78, 5) is 13.7. The zero-order chi connectivity index (χ0) is 14.4. The summed E-state index contributed by atoms with van der Waals surface area (Å²) in [5.41, 5.74) is 8.44. The Balaban J connectivity index is 1.97. The van der Waals surface area contributed by atoms with Crippen LogP contribution in [0.25, 0.3) is 0 Å². The Hall–Kier alpha value is -2.33. The molecule has 3 N–H and O–H groups in total. The minimum atomic E-state index is -0.136. The van der Waals surface area contributed by atoms with Crippen molar-refractivity contribution in [1.29, 1.82) is 0 Å².